The molecule has 0 aliphatic carbocycles. The second kappa shape index (κ2) is 8.60. The number of carbonyl (C=O) groups excluding carboxylic acids is 2. The summed E-state index contributed by atoms with van der Waals surface area (Å²) in [6.45, 7) is 3.92. The molecule has 8 nitrogen and oxygen atoms in total. The quantitative estimate of drug-likeness (QED) is 0.569. The Hall–Kier alpha value is -2.64. The third-order valence-corrected chi connectivity index (χ3v) is 2.86. The molecule has 0 bridgehead atoms. The lowest BCUT2D eigenvalue weighted by atomic mass is 10.3. The van der Waals surface area contributed by atoms with Crippen molar-refractivity contribution >= 4 is 17.5 Å². The summed E-state index contributed by atoms with van der Waals surface area (Å²) < 4.78 is 5.22. The molecule has 0 atom stereocenters. The standard InChI is InChI=1S/C14H19N3O5/c1-3-15-13(18)9-16(4-2)14(19)10-22-12-8-6-5-7-11(12)17(20)21/h5-8H,3-4,9-10H2,1-2H3,(H,15,18). The number of benzene rings is 1. The van der Waals surface area contributed by atoms with Gasteiger partial charge in [0, 0.05) is 19.2 Å². The van der Waals surface area contributed by atoms with Crippen LogP contribution in [-0.2, 0) is 9.59 Å². The molecule has 8 heteroatoms. The van der Waals surface area contributed by atoms with Crippen LogP contribution in [0.2, 0.25) is 0 Å². The van der Waals surface area contributed by atoms with Crippen LogP contribution in [0.3, 0.4) is 0 Å². The summed E-state index contributed by atoms with van der Waals surface area (Å²) >= 11 is 0. The van der Waals surface area contributed by atoms with Crippen molar-refractivity contribution in [3.63, 3.8) is 0 Å². The van der Waals surface area contributed by atoms with E-state index in [1.807, 2.05) is 0 Å². The highest BCUT2D eigenvalue weighted by Crippen LogP contribution is 2.25. The fourth-order valence-corrected chi connectivity index (χ4v) is 1.76. The fraction of sp³-hybridized carbons (Fsp3) is 0.429. The van der Waals surface area contributed by atoms with Gasteiger partial charge in [-0.3, -0.25) is 19.7 Å². The summed E-state index contributed by atoms with van der Waals surface area (Å²) in [6.07, 6.45) is 0. The maximum Gasteiger partial charge on any atom is 0.310 e. The van der Waals surface area contributed by atoms with Gasteiger partial charge in [0.1, 0.15) is 0 Å². The normalized spacial score (nSPS) is 9.91. The number of para-hydroxylation sites is 2. The Morgan fingerprint density at radius 3 is 2.59 bits per heavy atom. The van der Waals surface area contributed by atoms with Crippen molar-refractivity contribution in [3.8, 4) is 5.75 Å². The third-order valence-electron chi connectivity index (χ3n) is 2.86. The largest absolute Gasteiger partial charge is 0.477 e. The van der Waals surface area contributed by atoms with E-state index in [-0.39, 0.29) is 30.5 Å². The number of nitro groups is 1. The van der Waals surface area contributed by atoms with Gasteiger partial charge in [0.15, 0.2) is 12.4 Å². The number of nitro benzene ring substituents is 1. The van der Waals surface area contributed by atoms with Crippen molar-refractivity contribution in [2.75, 3.05) is 26.2 Å². The molecule has 1 aromatic rings. The predicted octanol–water partition coefficient (Wildman–Crippen LogP) is 0.958. The van der Waals surface area contributed by atoms with Gasteiger partial charge in [-0.2, -0.15) is 0 Å². The maximum absolute atomic E-state index is 12.0. The van der Waals surface area contributed by atoms with Gasteiger partial charge >= 0.3 is 5.69 Å². The van der Waals surface area contributed by atoms with Gasteiger partial charge in [-0.05, 0) is 19.9 Å². The predicted molar refractivity (Wildman–Crippen MR) is 79.5 cm³/mol. The molecule has 1 aromatic carbocycles. The monoisotopic (exact) mass is 309 g/mol. The SMILES string of the molecule is CCNC(=O)CN(CC)C(=O)COc1ccccc1[N+](=O)[O-]. The summed E-state index contributed by atoms with van der Waals surface area (Å²) in [4.78, 5) is 35.1. The van der Waals surface area contributed by atoms with E-state index in [0.717, 1.165) is 0 Å². The highest BCUT2D eigenvalue weighted by atomic mass is 16.6. The zero-order chi connectivity index (χ0) is 16.5. The molecule has 2 amide bonds. The van der Waals surface area contributed by atoms with Crippen molar-refractivity contribution in [1.82, 2.24) is 10.2 Å². The number of nitrogens with zero attached hydrogens (tertiary/aromatic N) is 2. The van der Waals surface area contributed by atoms with E-state index in [4.69, 9.17) is 4.74 Å². The molecule has 0 spiro atoms. The van der Waals surface area contributed by atoms with Gasteiger partial charge in [0.05, 0.1) is 11.5 Å². The van der Waals surface area contributed by atoms with Gasteiger partial charge < -0.3 is 15.0 Å². The second-order valence-electron chi connectivity index (χ2n) is 4.37. The van der Waals surface area contributed by atoms with Gasteiger partial charge in [-0.1, -0.05) is 12.1 Å². The topological polar surface area (TPSA) is 102 Å². The lowest BCUT2D eigenvalue weighted by Gasteiger charge is -2.20. The van der Waals surface area contributed by atoms with Gasteiger partial charge in [0.2, 0.25) is 5.91 Å². The molecule has 1 N–H and O–H groups in total. The van der Waals surface area contributed by atoms with Crippen LogP contribution in [0.1, 0.15) is 13.8 Å². The smallest absolute Gasteiger partial charge is 0.310 e. The Morgan fingerprint density at radius 2 is 2.00 bits per heavy atom. The Balaban J connectivity index is 2.64. The third kappa shape index (κ3) is 5.04. The number of hydrogen-bond donors (Lipinski definition) is 1. The summed E-state index contributed by atoms with van der Waals surface area (Å²) in [5.41, 5.74) is -0.206. The number of amides is 2. The van der Waals surface area contributed by atoms with Gasteiger partial charge in [-0.15, -0.1) is 0 Å². The molecule has 0 heterocycles. The molecule has 1 rings (SSSR count). The van der Waals surface area contributed by atoms with E-state index in [0.29, 0.717) is 13.1 Å². The summed E-state index contributed by atoms with van der Waals surface area (Å²) in [5, 5.41) is 13.5. The molecule has 0 saturated carbocycles. The van der Waals surface area contributed by atoms with Crippen molar-refractivity contribution in [2.24, 2.45) is 0 Å². The summed E-state index contributed by atoms with van der Waals surface area (Å²) in [5.74, 6) is -0.648. The average Bonchev–Trinajstić information content (AvgIpc) is 2.50. The van der Waals surface area contributed by atoms with Crippen molar-refractivity contribution in [1.29, 1.82) is 0 Å². The highest BCUT2D eigenvalue weighted by Gasteiger charge is 2.18. The van der Waals surface area contributed by atoms with E-state index in [2.05, 4.69) is 5.32 Å². The van der Waals surface area contributed by atoms with Crippen molar-refractivity contribution in [2.45, 2.75) is 13.8 Å². The van der Waals surface area contributed by atoms with Gasteiger partial charge in [-0.25, -0.2) is 0 Å². The first-order valence-electron chi connectivity index (χ1n) is 6.90. The number of ether oxygens (including phenoxy) is 1. The molecule has 0 aromatic heterocycles. The molecule has 0 saturated heterocycles. The minimum atomic E-state index is -0.577. The molecule has 22 heavy (non-hydrogen) atoms. The van der Waals surface area contributed by atoms with Crippen LogP contribution >= 0.6 is 0 Å². The summed E-state index contributed by atoms with van der Waals surface area (Å²) in [6, 6.07) is 5.82. The number of carbonyl (C=O) groups is 2. The molecular weight excluding hydrogens is 290 g/mol. The Morgan fingerprint density at radius 1 is 1.32 bits per heavy atom. The highest BCUT2D eigenvalue weighted by molar-refractivity contribution is 5.85. The number of likely N-dealkylation sites (N-methyl/N-ethyl adjacent to an activating group) is 2. The zero-order valence-electron chi connectivity index (χ0n) is 12.6. The number of hydrogen-bond acceptors (Lipinski definition) is 5. The molecular formula is C14H19N3O5. The zero-order valence-corrected chi connectivity index (χ0v) is 12.6. The Labute approximate surface area is 128 Å². The minimum Gasteiger partial charge on any atom is -0.477 e. The number of nitrogens with one attached hydrogen (secondary N) is 1. The van der Waals surface area contributed by atoms with Crippen LogP contribution in [0.15, 0.2) is 24.3 Å². The van der Waals surface area contributed by atoms with Crippen molar-refractivity contribution in [3.05, 3.63) is 34.4 Å². The van der Waals surface area contributed by atoms with Crippen LogP contribution in [0.4, 0.5) is 5.69 Å². The molecule has 0 fully saturated rings. The van der Waals surface area contributed by atoms with Crippen LogP contribution in [-0.4, -0.2) is 47.9 Å². The first-order chi connectivity index (χ1) is 10.5. The molecule has 0 radical (unpaired) electrons. The molecule has 120 valence electrons. The van der Waals surface area contributed by atoms with Crippen LogP contribution in [0.25, 0.3) is 0 Å². The van der Waals surface area contributed by atoms with E-state index >= 15 is 0 Å². The first kappa shape index (κ1) is 17.4. The van der Waals surface area contributed by atoms with Crippen LogP contribution in [0, 0.1) is 10.1 Å². The average molecular weight is 309 g/mol. The van der Waals surface area contributed by atoms with Crippen LogP contribution < -0.4 is 10.1 Å². The first-order valence-corrected chi connectivity index (χ1v) is 6.90. The fourth-order valence-electron chi connectivity index (χ4n) is 1.76. The molecule has 0 aliphatic heterocycles. The van der Waals surface area contributed by atoms with Crippen LogP contribution in [0.5, 0.6) is 5.75 Å². The Bertz CT molecular complexity index is 547. The second-order valence-corrected chi connectivity index (χ2v) is 4.37. The van der Waals surface area contributed by atoms with Gasteiger partial charge in [0.25, 0.3) is 5.91 Å². The maximum atomic E-state index is 12.0. The van der Waals surface area contributed by atoms with E-state index in [1.54, 1.807) is 19.9 Å². The lowest BCUT2D eigenvalue weighted by Crippen LogP contribution is -2.42. The minimum absolute atomic E-state index is 0.0231. The Kier molecular flexibility index (Phi) is 6.81. The summed E-state index contributed by atoms with van der Waals surface area (Å²) in [7, 11) is 0. The molecule has 0 aliphatic rings. The van der Waals surface area contributed by atoms with Crippen molar-refractivity contribution < 1.29 is 19.2 Å². The molecule has 0 unspecified atom stereocenters. The van der Waals surface area contributed by atoms with E-state index < -0.39 is 10.8 Å². The lowest BCUT2D eigenvalue weighted by molar-refractivity contribution is -0.385. The van der Waals surface area contributed by atoms with E-state index in [9.17, 15) is 19.7 Å². The van der Waals surface area contributed by atoms with E-state index in [1.165, 1.54) is 23.1 Å². The number of rotatable bonds is 8.